The van der Waals surface area contributed by atoms with Gasteiger partial charge >= 0.3 is 0 Å². The van der Waals surface area contributed by atoms with E-state index in [1.54, 1.807) is 18.4 Å². The summed E-state index contributed by atoms with van der Waals surface area (Å²) in [5.41, 5.74) is 6.00. The molecule has 0 saturated carbocycles. The van der Waals surface area contributed by atoms with Crippen LogP contribution in [0.1, 0.15) is 16.7 Å². The van der Waals surface area contributed by atoms with E-state index >= 15 is 0 Å². The minimum absolute atomic E-state index is 0.162. The van der Waals surface area contributed by atoms with Crippen molar-refractivity contribution in [1.82, 2.24) is 5.48 Å². The van der Waals surface area contributed by atoms with Crippen LogP contribution in [0.3, 0.4) is 0 Å². The molecular formula is C18H24N2O3Si. The summed E-state index contributed by atoms with van der Waals surface area (Å²) in [6, 6.07) is 6.80. The molecule has 1 aromatic rings. The predicted molar refractivity (Wildman–Crippen MR) is 96.8 cm³/mol. The molecule has 0 fully saturated rings. The van der Waals surface area contributed by atoms with E-state index in [1.165, 1.54) is 0 Å². The maximum Gasteiger partial charge on any atom is 0.189 e. The van der Waals surface area contributed by atoms with Crippen LogP contribution in [0.4, 0.5) is 0 Å². The number of hydroxylamine groups is 1. The number of nitrogens with zero attached hydrogens (tertiary/aromatic N) is 1. The van der Waals surface area contributed by atoms with E-state index in [0.29, 0.717) is 17.9 Å². The molecule has 0 saturated heterocycles. The third kappa shape index (κ3) is 5.15. The second kappa shape index (κ2) is 8.04. The highest BCUT2D eigenvalue weighted by molar-refractivity contribution is 6.76. The van der Waals surface area contributed by atoms with Crippen molar-refractivity contribution in [2.24, 2.45) is 0 Å². The van der Waals surface area contributed by atoms with Crippen molar-refractivity contribution in [3.05, 3.63) is 47.2 Å². The second-order valence-corrected chi connectivity index (χ2v) is 12.5. The molecule has 0 aliphatic carbocycles. The fourth-order valence-electron chi connectivity index (χ4n) is 2.26. The largest absolute Gasteiger partial charge is 0.467 e. The van der Waals surface area contributed by atoms with E-state index in [2.05, 4.69) is 31.2 Å². The lowest BCUT2D eigenvalue weighted by molar-refractivity contribution is 0.0217. The van der Waals surface area contributed by atoms with Crippen LogP contribution < -0.4 is 10.2 Å². The molecule has 1 aliphatic heterocycles. The Hall–Kier alpha value is -2.23. The van der Waals surface area contributed by atoms with E-state index in [-0.39, 0.29) is 6.79 Å². The monoisotopic (exact) mass is 344 g/mol. The van der Waals surface area contributed by atoms with Crippen LogP contribution >= 0.6 is 0 Å². The molecule has 0 unspecified atom stereocenters. The third-order valence-corrected chi connectivity index (χ3v) is 5.27. The van der Waals surface area contributed by atoms with Crippen LogP contribution in [0.15, 0.2) is 30.5 Å². The maximum atomic E-state index is 9.19. The lowest BCUT2D eigenvalue weighted by Crippen LogP contribution is -2.22. The summed E-state index contributed by atoms with van der Waals surface area (Å²) < 4.78 is 11.4. The molecule has 2 rings (SSSR count). The Bertz CT molecular complexity index is 685. The fraction of sp³-hybridized carbons (Fsp3) is 0.389. The minimum atomic E-state index is -1.11. The summed E-state index contributed by atoms with van der Waals surface area (Å²) in [6.45, 7) is 9.72. The molecule has 0 amide bonds. The zero-order chi connectivity index (χ0) is 17.6. The molecule has 5 nitrogen and oxygen atoms in total. The molecule has 6 heteroatoms. The molecule has 1 N–H and O–H groups in total. The Kier molecular flexibility index (Phi) is 6.07. The molecule has 1 heterocycles. The van der Waals surface area contributed by atoms with Crippen molar-refractivity contribution in [2.45, 2.75) is 32.6 Å². The Morgan fingerprint density at radius 1 is 1.29 bits per heavy atom. The van der Waals surface area contributed by atoms with Crippen molar-refractivity contribution in [2.75, 3.05) is 13.4 Å². The van der Waals surface area contributed by atoms with Crippen LogP contribution in [0.25, 0.3) is 5.70 Å². The van der Waals surface area contributed by atoms with E-state index in [1.807, 2.05) is 19.1 Å². The van der Waals surface area contributed by atoms with Crippen LogP contribution in [0.5, 0.6) is 5.75 Å². The number of hydrogen-bond donors (Lipinski definition) is 1. The number of rotatable bonds is 7. The Morgan fingerprint density at radius 2 is 2.08 bits per heavy atom. The Balaban J connectivity index is 2.12. The van der Waals surface area contributed by atoms with E-state index in [9.17, 15) is 5.26 Å². The molecule has 1 aromatic carbocycles. The first-order chi connectivity index (χ1) is 11.4. The number of benzene rings is 1. The molecule has 0 spiro atoms. The minimum Gasteiger partial charge on any atom is -0.467 e. The highest BCUT2D eigenvalue weighted by Crippen LogP contribution is 2.30. The Morgan fingerprint density at radius 3 is 2.71 bits per heavy atom. The normalized spacial score (nSPS) is 13.5. The Labute approximate surface area is 144 Å². The van der Waals surface area contributed by atoms with Gasteiger partial charge in [0.15, 0.2) is 6.79 Å². The first-order valence-electron chi connectivity index (χ1n) is 7.95. The zero-order valence-corrected chi connectivity index (χ0v) is 15.7. The van der Waals surface area contributed by atoms with Crippen molar-refractivity contribution in [3.63, 3.8) is 0 Å². The first-order valence-corrected chi connectivity index (χ1v) is 11.7. The topological polar surface area (TPSA) is 63.5 Å². The van der Waals surface area contributed by atoms with Crippen LogP contribution in [-0.2, 0) is 9.57 Å². The summed E-state index contributed by atoms with van der Waals surface area (Å²) in [5.74, 6) is 0.609. The van der Waals surface area contributed by atoms with E-state index in [4.69, 9.17) is 14.3 Å². The molecule has 0 bridgehead atoms. The smallest absolute Gasteiger partial charge is 0.189 e. The van der Waals surface area contributed by atoms with Gasteiger partial charge in [-0.1, -0.05) is 19.6 Å². The van der Waals surface area contributed by atoms with Gasteiger partial charge in [0.2, 0.25) is 0 Å². The summed E-state index contributed by atoms with van der Waals surface area (Å²) in [7, 11) is -1.11. The summed E-state index contributed by atoms with van der Waals surface area (Å²) >= 11 is 0. The number of nitriles is 1. The van der Waals surface area contributed by atoms with Gasteiger partial charge in [0, 0.05) is 20.2 Å². The zero-order valence-electron chi connectivity index (χ0n) is 14.7. The quantitative estimate of drug-likeness (QED) is 0.461. The van der Waals surface area contributed by atoms with Gasteiger partial charge in [-0.3, -0.25) is 0 Å². The highest BCUT2D eigenvalue weighted by Gasteiger charge is 2.16. The van der Waals surface area contributed by atoms with Crippen LogP contribution in [0.2, 0.25) is 25.7 Å². The summed E-state index contributed by atoms with van der Waals surface area (Å²) in [4.78, 5) is 5.14. The number of ether oxygens (including phenoxy) is 2. The highest BCUT2D eigenvalue weighted by atomic mass is 28.3. The van der Waals surface area contributed by atoms with Crippen molar-refractivity contribution in [3.8, 4) is 11.8 Å². The third-order valence-electron chi connectivity index (χ3n) is 3.57. The van der Waals surface area contributed by atoms with Gasteiger partial charge in [-0.15, -0.1) is 0 Å². The molecule has 1 aliphatic rings. The molecule has 128 valence electrons. The maximum absolute atomic E-state index is 9.19. The fourth-order valence-corrected chi connectivity index (χ4v) is 3.02. The van der Waals surface area contributed by atoms with E-state index in [0.717, 1.165) is 22.9 Å². The SMILES string of the molecule is Cc1cc(C#N)cc(OCOCC[Si](C)(C)C)c1C1=CC=CON1. The molecule has 0 radical (unpaired) electrons. The molecule has 0 atom stereocenters. The molecule has 24 heavy (non-hydrogen) atoms. The molecule has 0 aromatic heterocycles. The van der Waals surface area contributed by atoms with Gasteiger partial charge in [-0.2, -0.15) is 5.26 Å². The number of aryl methyl sites for hydroxylation is 1. The summed E-state index contributed by atoms with van der Waals surface area (Å²) in [5, 5.41) is 9.19. The number of allylic oxidation sites excluding steroid dienone is 2. The standard InChI is InChI=1S/C18H24N2O3Si/c1-14-10-15(12-19)11-17(18(14)16-6-5-7-23-20-16)22-13-21-8-9-24(2,3)4/h5-7,10-11,20H,8-9,13H2,1-4H3. The van der Waals surface area contributed by atoms with Crippen molar-refractivity contribution >= 4 is 13.8 Å². The van der Waals surface area contributed by atoms with E-state index < -0.39 is 8.07 Å². The predicted octanol–water partition coefficient (Wildman–Crippen LogP) is 3.95. The van der Waals surface area contributed by atoms with Gasteiger partial charge < -0.3 is 14.3 Å². The average molecular weight is 344 g/mol. The number of hydrogen-bond acceptors (Lipinski definition) is 5. The molecular weight excluding hydrogens is 320 g/mol. The first kappa shape index (κ1) is 18.1. The van der Waals surface area contributed by atoms with Crippen molar-refractivity contribution < 1.29 is 14.3 Å². The second-order valence-electron chi connectivity index (χ2n) is 6.89. The summed E-state index contributed by atoms with van der Waals surface area (Å²) in [6.07, 6.45) is 5.26. The lowest BCUT2D eigenvalue weighted by Gasteiger charge is -2.19. The van der Waals surface area contributed by atoms with Crippen LogP contribution in [0, 0.1) is 18.3 Å². The van der Waals surface area contributed by atoms with Gasteiger partial charge in [0.25, 0.3) is 0 Å². The number of nitrogens with one attached hydrogen (secondary N) is 1. The van der Waals surface area contributed by atoms with Gasteiger partial charge in [-0.05, 0) is 42.8 Å². The van der Waals surface area contributed by atoms with Crippen LogP contribution in [-0.4, -0.2) is 21.5 Å². The van der Waals surface area contributed by atoms with Gasteiger partial charge in [0.1, 0.15) is 12.0 Å². The van der Waals surface area contributed by atoms with Crippen molar-refractivity contribution in [1.29, 1.82) is 5.26 Å². The van der Waals surface area contributed by atoms with Gasteiger partial charge in [-0.25, -0.2) is 5.48 Å². The lowest BCUT2D eigenvalue weighted by atomic mass is 10.0. The average Bonchev–Trinajstić information content (AvgIpc) is 2.53. The van der Waals surface area contributed by atoms with Gasteiger partial charge in [0.05, 0.1) is 17.3 Å².